The van der Waals surface area contributed by atoms with Crippen LogP contribution in [0.5, 0.6) is 0 Å². The first-order chi connectivity index (χ1) is 13.2. The molecule has 0 saturated carbocycles. The van der Waals surface area contributed by atoms with Crippen molar-refractivity contribution in [2.24, 2.45) is 0 Å². The first kappa shape index (κ1) is 17.6. The Morgan fingerprint density at radius 3 is 2.85 bits per heavy atom. The molecule has 2 heterocycles. The number of benzene rings is 2. The molecule has 0 radical (unpaired) electrons. The molecule has 4 rings (SSSR count). The predicted molar refractivity (Wildman–Crippen MR) is 107 cm³/mol. The summed E-state index contributed by atoms with van der Waals surface area (Å²) in [7, 11) is 0. The quantitative estimate of drug-likeness (QED) is 0.854. The van der Waals surface area contributed by atoms with Crippen LogP contribution in [0.4, 0.5) is 11.4 Å². The van der Waals surface area contributed by atoms with E-state index in [9.17, 15) is 9.59 Å². The van der Waals surface area contributed by atoms with Crippen LogP contribution in [0.15, 0.2) is 48.5 Å². The Labute approximate surface area is 159 Å². The van der Waals surface area contributed by atoms with E-state index < -0.39 is 0 Å². The number of fused-ring (bicyclic) bond motifs is 3. The maximum absolute atomic E-state index is 12.7. The van der Waals surface area contributed by atoms with Gasteiger partial charge in [0.05, 0.1) is 11.4 Å². The molecule has 2 aromatic carbocycles. The van der Waals surface area contributed by atoms with Gasteiger partial charge in [-0.05, 0) is 43.0 Å². The van der Waals surface area contributed by atoms with E-state index in [1.807, 2.05) is 30.3 Å². The van der Waals surface area contributed by atoms with Crippen molar-refractivity contribution in [1.82, 2.24) is 5.32 Å². The summed E-state index contributed by atoms with van der Waals surface area (Å²) >= 11 is 0. The highest BCUT2D eigenvalue weighted by Gasteiger charge is 2.36. The van der Waals surface area contributed by atoms with Gasteiger partial charge in [-0.25, -0.2) is 0 Å². The highest BCUT2D eigenvalue weighted by molar-refractivity contribution is 6.06. The summed E-state index contributed by atoms with van der Waals surface area (Å²) in [6, 6.07) is 15.8. The van der Waals surface area contributed by atoms with Crippen LogP contribution in [0, 0.1) is 0 Å². The minimum absolute atomic E-state index is 0.0349. The first-order valence-electron chi connectivity index (χ1n) is 9.72. The van der Waals surface area contributed by atoms with Crippen LogP contribution in [0.1, 0.15) is 48.0 Å². The zero-order chi connectivity index (χ0) is 18.8. The number of hydrogen-bond acceptors (Lipinski definition) is 3. The van der Waals surface area contributed by atoms with E-state index in [0.29, 0.717) is 12.1 Å². The molecule has 1 saturated heterocycles. The second-order valence-corrected chi connectivity index (χ2v) is 7.30. The fourth-order valence-corrected chi connectivity index (χ4v) is 4.11. The highest BCUT2D eigenvalue weighted by Crippen LogP contribution is 2.37. The number of nitrogens with zero attached hydrogens (tertiary/aromatic N) is 1. The molecule has 140 valence electrons. The maximum atomic E-state index is 12.7. The maximum Gasteiger partial charge on any atom is 0.251 e. The van der Waals surface area contributed by atoms with Gasteiger partial charge in [-0.1, -0.05) is 37.3 Å². The van der Waals surface area contributed by atoms with Gasteiger partial charge in [-0.15, -0.1) is 0 Å². The fraction of sp³-hybridized carbons (Fsp3) is 0.364. The predicted octanol–water partition coefficient (Wildman–Crippen LogP) is 3.53. The number of anilines is 2. The topological polar surface area (TPSA) is 61.4 Å². The number of carbonyl (C=O) groups is 2. The molecular weight excluding hydrogens is 338 g/mol. The first-order valence-corrected chi connectivity index (χ1v) is 9.72. The average molecular weight is 363 g/mol. The van der Waals surface area contributed by atoms with Crippen LogP contribution in [-0.2, 0) is 4.79 Å². The van der Waals surface area contributed by atoms with Crippen molar-refractivity contribution in [1.29, 1.82) is 0 Å². The summed E-state index contributed by atoms with van der Waals surface area (Å²) in [5.74, 6) is 0.218. The Balaban J connectivity index is 1.47. The van der Waals surface area contributed by atoms with Crippen LogP contribution in [-0.4, -0.2) is 30.9 Å². The van der Waals surface area contributed by atoms with Crippen molar-refractivity contribution in [3.8, 4) is 0 Å². The lowest BCUT2D eigenvalue weighted by molar-refractivity contribution is -0.117. The van der Waals surface area contributed by atoms with Gasteiger partial charge in [0, 0.05) is 24.6 Å². The molecule has 0 spiro atoms. The van der Waals surface area contributed by atoms with E-state index in [0.717, 1.165) is 37.2 Å². The SMILES string of the molecule is CC[C@@H](CNC(=O)c1ccc2c(c1)NC(=O)[C@@H]1CCCN21)c1ccccc1. The molecule has 2 aromatic rings. The Kier molecular flexibility index (Phi) is 4.84. The molecule has 0 aliphatic carbocycles. The van der Waals surface area contributed by atoms with E-state index in [4.69, 9.17) is 0 Å². The summed E-state index contributed by atoms with van der Waals surface area (Å²) < 4.78 is 0. The van der Waals surface area contributed by atoms with Gasteiger partial charge < -0.3 is 15.5 Å². The van der Waals surface area contributed by atoms with Crippen molar-refractivity contribution in [2.75, 3.05) is 23.3 Å². The molecular formula is C22H25N3O2. The third-order valence-electron chi connectivity index (χ3n) is 5.65. The van der Waals surface area contributed by atoms with E-state index in [1.54, 1.807) is 6.07 Å². The summed E-state index contributed by atoms with van der Waals surface area (Å²) in [4.78, 5) is 27.1. The molecule has 2 aliphatic heterocycles. The van der Waals surface area contributed by atoms with Gasteiger partial charge in [0.15, 0.2) is 0 Å². The molecule has 5 heteroatoms. The molecule has 0 bridgehead atoms. The van der Waals surface area contributed by atoms with E-state index >= 15 is 0 Å². The van der Waals surface area contributed by atoms with Gasteiger partial charge in [0.2, 0.25) is 5.91 Å². The lowest BCUT2D eigenvalue weighted by atomic mass is 9.96. The lowest BCUT2D eigenvalue weighted by Gasteiger charge is -2.33. The van der Waals surface area contributed by atoms with Gasteiger partial charge >= 0.3 is 0 Å². The smallest absolute Gasteiger partial charge is 0.251 e. The van der Waals surface area contributed by atoms with Gasteiger partial charge in [-0.3, -0.25) is 9.59 Å². The molecule has 0 aromatic heterocycles. The molecule has 27 heavy (non-hydrogen) atoms. The van der Waals surface area contributed by atoms with Gasteiger partial charge in [0.1, 0.15) is 6.04 Å². The van der Waals surface area contributed by atoms with Crippen molar-refractivity contribution >= 4 is 23.2 Å². The van der Waals surface area contributed by atoms with E-state index in [1.165, 1.54) is 5.56 Å². The zero-order valence-electron chi connectivity index (χ0n) is 15.6. The Hall–Kier alpha value is -2.82. The number of hydrogen-bond donors (Lipinski definition) is 2. The highest BCUT2D eigenvalue weighted by atomic mass is 16.2. The van der Waals surface area contributed by atoms with Crippen molar-refractivity contribution < 1.29 is 9.59 Å². The van der Waals surface area contributed by atoms with Crippen LogP contribution in [0.2, 0.25) is 0 Å². The zero-order valence-corrected chi connectivity index (χ0v) is 15.6. The third kappa shape index (κ3) is 3.42. The number of rotatable bonds is 5. The number of amides is 2. The molecule has 2 aliphatic rings. The average Bonchev–Trinajstić information content (AvgIpc) is 3.19. The lowest BCUT2D eigenvalue weighted by Crippen LogP contribution is -2.44. The summed E-state index contributed by atoms with van der Waals surface area (Å²) in [5.41, 5.74) is 3.57. The molecule has 2 amide bonds. The van der Waals surface area contributed by atoms with Crippen molar-refractivity contribution in [2.45, 2.75) is 38.1 Å². The molecule has 5 nitrogen and oxygen atoms in total. The summed E-state index contributed by atoms with van der Waals surface area (Å²) in [6.07, 6.45) is 2.88. The Morgan fingerprint density at radius 2 is 2.07 bits per heavy atom. The van der Waals surface area contributed by atoms with Crippen LogP contribution < -0.4 is 15.5 Å². The largest absolute Gasteiger partial charge is 0.358 e. The minimum Gasteiger partial charge on any atom is -0.358 e. The molecule has 2 atom stereocenters. The van der Waals surface area contributed by atoms with Crippen molar-refractivity contribution in [3.05, 3.63) is 59.7 Å². The van der Waals surface area contributed by atoms with Gasteiger partial charge in [0.25, 0.3) is 5.91 Å². The fourth-order valence-electron chi connectivity index (χ4n) is 4.11. The normalized spacial score (nSPS) is 19.1. The van der Waals surface area contributed by atoms with Crippen LogP contribution in [0.3, 0.4) is 0 Å². The van der Waals surface area contributed by atoms with E-state index in [-0.39, 0.29) is 23.8 Å². The molecule has 1 fully saturated rings. The Bertz CT molecular complexity index is 850. The third-order valence-corrected chi connectivity index (χ3v) is 5.65. The second-order valence-electron chi connectivity index (χ2n) is 7.30. The van der Waals surface area contributed by atoms with Crippen molar-refractivity contribution in [3.63, 3.8) is 0 Å². The molecule has 2 N–H and O–H groups in total. The molecule has 0 unspecified atom stereocenters. The second kappa shape index (κ2) is 7.43. The minimum atomic E-state index is -0.107. The Morgan fingerprint density at radius 1 is 1.26 bits per heavy atom. The standard InChI is InChI=1S/C22H25N3O2/c1-2-15(16-7-4-3-5-8-16)14-23-21(26)17-10-11-19-18(13-17)24-22(27)20-9-6-12-25(19)20/h3-5,7-8,10-11,13,15,20H,2,6,9,12,14H2,1H3,(H,23,26)(H,24,27)/t15-,20-/m0/s1. The summed E-state index contributed by atoms with van der Waals surface area (Å²) in [6.45, 7) is 3.62. The van der Waals surface area contributed by atoms with Crippen LogP contribution >= 0.6 is 0 Å². The number of nitrogens with one attached hydrogen (secondary N) is 2. The monoisotopic (exact) mass is 363 g/mol. The number of carbonyl (C=O) groups excluding carboxylic acids is 2. The summed E-state index contributed by atoms with van der Waals surface area (Å²) in [5, 5.41) is 6.02. The van der Waals surface area contributed by atoms with Gasteiger partial charge in [-0.2, -0.15) is 0 Å². The van der Waals surface area contributed by atoms with Crippen LogP contribution in [0.25, 0.3) is 0 Å². The van der Waals surface area contributed by atoms with E-state index in [2.05, 4.69) is 34.6 Å².